The third kappa shape index (κ3) is 5.45. The summed E-state index contributed by atoms with van der Waals surface area (Å²) in [6.07, 6.45) is 1.11. The van der Waals surface area contributed by atoms with Gasteiger partial charge < -0.3 is 10.2 Å². The van der Waals surface area contributed by atoms with Crippen molar-refractivity contribution in [2.45, 2.75) is 23.8 Å². The molecule has 0 saturated carbocycles. The number of sulfonamides is 1. The molecular weight excluding hydrogens is 487 g/mol. The van der Waals surface area contributed by atoms with Crippen LogP contribution in [0.15, 0.2) is 64.5 Å². The number of rotatable bonds is 5. The Morgan fingerprint density at radius 3 is 2.43 bits per heavy atom. The zero-order valence-corrected chi connectivity index (χ0v) is 19.3. The molecule has 1 aliphatic rings. The molecule has 2 N–H and O–H groups in total. The molecule has 1 saturated heterocycles. The molecule has 1 fully saturated rings. The molecule has 0 aliphatic carbocycles. The average molecular weight is 514 g/mol. The second-order valence-corrected chi connectivity index (χ2v) is 8.48. The summed E-state index contributed by atoms with van der Waals surface area (Å²) < 4.78 is 25.9. The van der Waals surface area contributed by atoms with Gasteiger partial charge in [0.25, 0.3) is 0 Å². The third-order valence-electron chi connectivity index (χ3n) is 4.92. The fourth-order valence-corrected chi connectivity index (χ4v) is 4.10. The first-order valence-electron chi connectivity index (χ1n) is 9.06. The van der Waals surface area contributed by atoms with Crippen LogP contribution in [0.3, 0.4) is 0 Å². The van der Waals surface area contributed by atoms with Crippen molar-refractivity contribution >= 4 is 40.0 Å². The van der Waals surface area contributed by atoms with Gasteiger partial charge in [-0.15, -0.1) is 24.0 Å². The summed E-state index contributed by atoms with van der Waals surface area (Å²) in [7, 11) is -0.196. The first kappa shape index (κ1) is 22.6. The lowest BCUT2D eigenvalue weighted by atomic mass is 9.99. The summed E-state index contributed by atoms with van der Waals surface area (Å²) in [5.74, 6) is 1.40. The summed E-state index contributed by atoms with van der Waals surface area (Å²) in [5.41, 5.74) is 2.38. The van der Waals surface area contributed by atoms with Crippen LogP contribution in [0, 0.1) is 0 Å². The standard InChI is InChI=1S/C20H26N4O2S.HI/c1-21-20(24-13-12-18(15-24)17-6-4-3-5-7-17)23-14-16-8-10-19(11-9-16)27(25,26)22-2;/h3-11,18,22H,12-15H2,1-2H3,(H,21,23);1H. The molecule has 3 rings (SSSR count). The first-order chi connectivity index (χ1) is 13.0. The lowest BCUT2D eigenvalue weighted by Gasteiger charge is -2.22. The minimum atomic E-state index is -3.40. The molecular formula is C20H27IN4O2S. The van der Waals surface area contributed by atoms with Crippen LogP contribution in [0.1, 0.15) is 23.5 Å². The van der Waals surface area contributed by atoms with Crippen LogP contribution in [-0.2, 0) is 16.6 Å². The summed E-state index contributed by atoms with van der Waals surface area (Å²) in [4.78, 5) is 6.95. The van der Waals surface area contributed by atoms with Crippen LogP contribution in [0.4, 0.5) is 0 Å². The monoisotopic (exact) mass is 514 g/mol. The molecule has 0 radical (unpaired) electrons. The molecule has 8 heteroatoms. The molecule has 1 aliphatic heterocycles. The highest BCUT2D eigenvalue weighted by Crippen LogP contribution is 2.26. The maximum Gasteiger partial charge on any atom is 0.240 e. The van der Waals surface area contributed by atoms with E-state index < -0.39 is 10.0 Å². The fraction of sp³-hybridized carbons (Fsp3) is 0.350. The van der Waals surface area contributed by atoms with Gasteiger partial charge in [0, 0.05) is 32.6 Å². The van der Waals surface area contributed by atoms with Gasteiger partial charge in [0.2, 0.25) is 10.0 Å². The molecule has 1 unspecified atom stereocenters. The van der Waals surface area contributed by atoms with Crippen molar-refractivity contribution in [1.29, 1.82) is 0 Å². The molecule has 2 aromatic rings. The Balaban J connectivity index is 0.00000280. The third-order valence-corrected chi connectivity index (χ3v) is 6.35. The van der Waals surface area contributed by atoms with Crippen molar-refractivity contribution in [3.63, 3.8) is 0 Å². The SMILES string of the molecule is CN=C(NCc1ccc(S(=O)(=O)NC)cc1)N1CCC(c2ccccc2)C1.I. The van der Waals surface area contributed by atoms with E-state index in [9.17, 15) is 8.42 Å². The minimum absolute atomic E-state index is 0. The van der Waals surface area contributed by atoms with Crippen LogP contribution in [0.2, 0.25) is 0 Å². The lowest BCUT2D eigenvalue weighted by molar-refractivity contribution is 0.486. The fourth-order valence-electron chi connectivity index (χ4n) is 3.37. The van der Waals surface area contributed by atoms with E-state index in [4.69, 9.17) is 0 Å². The van der Waals surface area contributed by atoms with E-state index in [1.165, 1.54) is 12.6 Å². The predicted octanol–water partition coefficient (Wildman–Crippen LogP) is 2.78. The van der Waals surface area contributed by atoms with Crippen molar-refractivity contribution < 1.29 is 8.42 Å². The number of likely N-dealkylation sites (tertiary alicyclic amines) is 1. The maximum atomic E-state index is 11.8. The zero-order chi connectivity index (χ0) is 19.3. The maximum absolute atomic E-state index is 11.8. The van der Waals surface area contributed by atoms with E-state index in [2.05, 4.69) is 44.2 Å². The second kappa shape index (κ2) is 10.2. The van der Waals surface area contributed by atoms with Crippen molar-refractivity contribution in [1.82, 2.24) is 14.9 Å². The number of halogens is 1. The van der Waals surface area contributed by atoms with E-state index in [0.717, 1.165) is 31.0 Å². The smallest absolute Gasteiger partial charge is 0.240 e. The van der Waals surface area contributed by atoms with Crippen LogP contribution < -0.4 is 10.0 Å². The molecule has 0 spiro atoms. The molecule has 1 atom stereocenters. The van der Waals surface area contributed by atoms with Gasteiger partial charge in [-0.2, -0.15) is 0 Å². The first-order valence-corrected chi connectivity index (χ1v) is 10.5. The molecule has 6 nitrogen and oxygen atoms in total. The Hall–Kier alpha value is -1.65. The molecule has 0 amide bonds. The van der Waals surface area contributed by atoms with Gasteiger partial charge in [0.1, 0.15) is 0 Å². The largest absolute Gasteiger partial charge is 0.352 e. The number of guanidine groups is 1. The number of nitrogens with zero attached hydrogens (tertiary/aromatic N) is 2. The highest BCUT2D eigenvalue weighted by atomic mass is 127. The molecule has 1 heterocycles. The quantitative estimate of drug-likeness (QED) is 0.366. The van der Waals surface area contributed by atoms with Gasteiger partial charge in [0.05, 0.1) is 4.90 Å². The van der Waals surface area contributed by atoms with Crippen molar-refractivity contribution in [3.8, 4) is 0 Å². The van der Waals surface area contributed by atoms with Gasteiger partial charge in [0.15, 0.2) is 5.96 Å². The molecule has 28 heavy (non-hydrogen) atoms. The average Bonchev–Trinajstić information content (AvgIpc) is 3.19. The predicted molar refractivity (Wildman–Crippen MR) is 124 cm³/mol. The van der Waals surface area contributed by atoms with Gasteiger partial charge in [-0.3, -0.25) is 4.99 Å². The summed E-state index contributed by atoms with van der Waals surface area (Å²) in [6, 6.07) is 17.5. The summed E-state index contributed by atoms with van der Waals surface area (Å²) >= 11 is 0. The van der Waals surface area contributed by atoms with Crippen LogP contribution in [0.25, 0.3) is 0 Å². The minimum Gasteiger partial charge on any atom is -0.352 e. The van der Waals surface area contributed by atoms with Crippen molar-refractivity contribution in [2.75, 3.05) is 27.2 Å². The van der Waals surface area contributed by atoms with E-state index >= 15 is 0 Å². The molecule has 152 valence electrons. The van der Waals surface area contributed by atoms with E-state index in [1.807, 2.05) is 18.2 Å². The Morgan fingerprint density at radius 2 is 1.82 bits per heavy atom. The topological polar surface area (TPSA) is 73.8 Å². The number of nitrogens with one attached hydrogen (secondary N) is 2. The van der Waals surface area contributed by atoms with E-state index in [0.29, 0.717) is 12.5 Å². The van der Waals surface area contributed by atoms with Gasteiger partial charge >= 0.3 is 0 Å². The molecule has 2 aromatic carbocycles. The van der Waals surface area contributed by atoms with E-state index in [1.54, 1.807) is 19.2 Å². The highest BCUT2D eigenvalue weighted by molar-refractivity contribution is 14.0. The van der Waals surface area contributed by atoms with Gasteiger partial charge in [-0.25, -0.2) is 13.1 Å². The normalized spacial score (nSPS) is 17.3. The number of hydrogen-bond acceptors (Lipinski definition) is 3. The summed E-state index contributed by atoms with van der Waals surface area (Å²) in [6.45, 7) is 2.51. The number of hydrogen-bond donors (Lipinski definition) is 2. The zero-order valence-electron chi connectivity index (χ0n) is 16.1. The highest BCUT2D eigenvalue weighted by Gasteiger charge is 2.25. The van der Waals surface area contributed by atoms with Crippen molar-refractivity contribution in [2.24, 2.45) is 4.99 Å². The summed E-state index contributed by atoms with van der Waals surface area (Å²) in [5, 5.41) is 3.38. The molecule has 0 aromatic heterocycles. The van der Waals surface area contributed by atoms with Crippen molar-refractivity contribution in [3.05, 3.63) is 65.7 Å². The Morgan fingerprint density at radius 1 is 1.14 bits per heavy atom. The van der Waals surface area contributed by atoms with Gasteiger partial charge in [-0.1, -0.05) is 42.5 Å². The van der Waals surface area contributed by atoms with Crippen LogP contribution >= 0.6 is 24.0 Å². The Labute approximate surface area is 184 Å². The second-order valence-electron chi connectivity index (χ2n) is 6.59. The lowest BCUT2D eigenvalue weighted by Crippen LogP contribution is -2.39. The number of benzene rings is 2. The molecule has 0 bridgehead atoms. The van der Waals surface area contributed by atoms with Crippen LogP contribution in [-0.4, -0.2) is 46.5 Å². The Bertz CT molecular complexity index is 886. The Kier molecular flexibility index (Phi) is 8.26. The van der Waals surface area contributed by atoms with Gasteiger partial charge in [-0.05, 0) is 36.7 Å². The van der Waals surface area contributed by atoms with Crippen LogP contribution in [0.5, 0.6) is 0 Å². The number of aliphatic imine (C=N–C) groups is 1. The van der Waals surface area contributed by atoms with E-state index in [-0.39, 0.29) is 28.9 Å².